The lowest BCUT2D eigenvalue weighted by molar-refractivity contribution is -0.122. The van der Waals surface area contributed by atoms with E-state index >= 15 is 0 Å². The number of nitrogens with zero attached hydrogens (tertiary/aromatic N) is 2. The van der Waals surface area contributed by atoms with Gasteiger partial charge in [-0.3, -0.25) is 4.79 Å². The van der Waals surface area contributed by atoms with Crippen LogP contribution < -0.4 is 5.32 Å². The van der Waals surface area contributed by atoms with Gasteiger partial charge in [0.1, 0.15) is 15.8 Å². The van der Waals surface area contributed by atoms with Crippen molar-refractivity contribution in [1.82, 2.24) is 15.5 Å². The summed E-state index contributed by atoms with van der Waals surface area (Å²) in [6, 6.07) is 6.31. The number of amides is 1. The highest BCUT2D eigenvalue weighted by Gasteiger charge is 2.18. The SMILES string of the molecule is CCc1nnc(CNC(=O)C(C)c2ccccc2F)s1. The average Bonchev–Trinajstić information content (AvgIpc) is 2.92. The molecule has 0 aliphatic heterocycles. The number of aromatic nitrogens is 2. The average molecular weight is 293 g/mol. The third-order valence-corrected chi connectivity index (χ3v) is 4.06. The van der Waals surface area contributed by atoms with Crippen LogP contribution in [-0.4, -0.2) is 16.1 Å². The summed E-state index contributed by atoms with van der Waals surface area (Å²) in [5.41, 5.74) is 0.400. The molecule has 1 amide bonds. The third kappa shape index (κ3) is 3.39. The molecule has 0 aliphatic rings. The van der Waals surface area contributed by atoms with Gasteiger partial charge in [-0.25, -0.2) is 4.39 Å². The fourth-order valence-corrected chi connectivity index (χ4v) is 2.51. The van der Waals surface area contributed by atoms with Crippen LogP contribution in [0.1, 0.15) is 35.3 Å². The van der Waals surface area contributed by atoms with E-state index in [1.165, 1.54) is 17.4 Å². The summed E-state index contributed by atoms with van der Waals surface area (Å²) in [7, 11) is 0. The molecular formula is C14H16FN3OS. The number of hydrogen-bond donors (Lipinski definition) is 1. The number of benzene rings is 1. The van der Waals surface area contributed by atoms with Crippen molar-refractivity contribution in [3.8, 4) is 0 Å². The van der Waals surface area contributed by atoms with Crippen LogP contribution in [-0.2, 0) is 17.8 Å². The van der Waals surface area contributed by atoms with Crippen LogP contribution in [0.3, 0.4) is 0 Å². The first-order valence-electron chi connectivity index (χ1n) is 6.45. The first kappa shape index (κ1) is 14.6. The van der Waals surface area contributed by atoms with E-state index in [1.54, 1.807) is 25.1 Å². The molecule has 2 aromatic rings. The Labute approximate surface area is 121 Å². The van der Waals surface area contributed by atoms with Crippen molar-refractivity contribution in [2.24, 2.45) is 0 Å². The lowest BCUT2D eigenvalue weighted by Gasteiger charge is -2.12. The first-order chi connectivity index (χ1) is 9.61. The summed E-state index contributed by atoms with van der Waals surface area (Å²) in [5, 5.41) is 12.4. The van der Waals surface area contributed by atoms with Gasteiger partial charge in [0.05, 0.1) is 12.5 Å². The van der Waals surface area contributed by atoms with Crippen molar-refractivity contribution >= 4 is 17.2 Å². The van der Waals surface area contributed by atoms with E-state index in [0.29, 0.717) is 12.1 Å². The molecule has 0 saturated carbocycles. The topological polar surface area (TPSA) is 54.9 Å². The van der Waals surface area contributed by atoms with Crippen molar-refractivity contribution in [1.29, 1.82) is 0 Å². The molecule has 2 rings (SSSR count). The highest BCUT2D eigenvalue weighted by atomic mass is 32.1. The molecule has 1 N–H and O–H groups in total. The van der Waals surface area contributed by atoms with Gasteiger partial charge in [0.25, 0.3) is 0 Å². The summed E-state index contributed by atoms with van der Waals surface area (Å²) in [4.78, 5) is 12.0. The Balaban J connectivity index is 1.96. The fraction of sp³-hybridized carbons (Fsp3) is 0.357. The first-order valence-corrected chi connectivity index (χ1v) is 7.26. The van der Waals surface area contributed by atoms with E-state index in [2.05, 4.69) is 15.5 Å². The number of carbonyl (C=O) groups is 1. The van der Waals surface area contributed by atoms with Crippen molar-refractivity contribution in [2.75, 3.05) is 0 Å². The zero-order valence-electron chi connectivity index (χ0n) is 11.4. The summed E-state index contributed by atoms with van der Waals surface area (Å²) < 4.78 is 13.6. The predicted octanol–water partition coefficient (Wildman–Crippen LogP) is 2.66. The van der Waals surface area contributed by atoms with Gasteiger partial charge in [-0.1, -0.05) is 36.5 Å². The Hall–Kier alpha value is -1.82. The number of aryl methyl sites for hydroxylation is 1. The van der Waals surface area contributed by atoms with Gasteiger partial charge < -0.3 is 5.32 Å². The van der Waals surface area contributed by atoms with Gasteiger partial charge in [0, 0.05) is 0 Å². The molecule has 1 heterocycles. The second kappa shape index (κ2) is 6.56. The van der Waals surface area contributed by atoms with Gasteiger partial charge in [-0.2, -0.15) is 0 Å². The third-order valence-electron chi connectivity index (χ3n) is 2.99. The molecule has 1 unspecified atom stereocenters. The predicted molar refractivity (Wildman–Crippen MR) is 75.9 cm³/mol. The number of carbonyl (C=O) groups excluding carboxylic acids is 1. The molecule has 0 radical (unpaired) electrons. The Kier molecular flexibility index (Phi) is 4.79. The molecule has 106 valence electrons. The second-order valence-electron chi connectivity index (χ2n) is 4.40. The molecule has 0 saturated heterocycles. The van der Waals surface area contributed by atoms with Gasteiger partial charge >= 0.3 is 0 Å². The van der Waals surface area contributed by atoms with E-state index in [1.807, 2.05) is 6.92 Å². The second-order valence-corrected chi connectivity index (χ2v) is 5.55. The lowest BCUT2D eigenvalue weighted by atomic mass is 10.00. The summed E-state index contributed by atoms with van der Waals surface area (Å²) in [5.74, 6) is -1.11. The minimum atomic E-state index is -0.533. The molecule has 0 fully saturated rings. The van der Waals surface area contributed by atoms with Crippen LogP contribution in [0.5, 0.6) is 0 Å². The molecule has 1 aromatic carbocycles. The molecule has 1 aromatic heterocycles. The van der Waals surface area contributed by atoms with E-state index < -0.39 is 5.92 Å². The Morgan fingerprint density at radius 2 is 2.05 bits per heavy atom. The summed E-state index contributed by atoms with van der Waals surface area (Å²) in [6.45, 7) is 4.02. The highest BCUT2D eigenvalue weighted by molar-refractivity contribution is 7.11. The minimum absolute atomic E-state index is 0.219. The molecule has 1 atom stereocenters. The lowest BCUT2D eigenvalue weighted by Crippen LogP contribution is -2.27. The van der Waals surface area contributed by atoms with Crippen LogP contribution in [0.25, 0.3) is 0 Å². The zero-order chi connectivity index (χ0) is 14.5. The maximum absolute atomic E-state index is 13.6. The minimum Gasteiger partial charge on any atom is -0.349 e. The fourth-order valence-electron chi connectivity index (χ4n) is 1.79. The number of nitrogens with one attached hydrogen (secondary N) is 1. The van der Waals surface area contributed by atoms with Gasteiger partial charge in [-0.15, -0.1) is 10.2 Å². The van der Waals surface area contributed by atoms with Crippen molar-refractivity contribution in [3.05, 3.63) is 45.7 Å². The monoisotopic (exact) mass is 293 g/mol. The highest BCUT2D eigenvalue weighted by Crippen LogP contribution is 2.19. The Morgan fingerprint density at radius 1 is 1.35 bits per heavy atom. The van der Waals surface area contributed by atoms with Crippen LogP contribution in [0.2, 0.25) is 0 Å². The Bertz CT molecular complexity index is 600. The largest absolute Gasteiger partial charge is 0.349 e. The zero-order valence-corrected chi connectivity index (χ0v) is 12.2. The van der Waals surface area contributed by atoms with Crippen LogP contribution in [0.4, 0.5) is 4.39 Å². The van der Waals surface area contributed by atoms with Crippen LogP contribution in [0, 0.1) is 5.82 Å². The van der Waals surface area contributed by atoms with Crippen molar-refractivity contribution in [3.63, 3.8) is 0 Å². The number of hydrogen-bond acceptors (Lipinski definition) is 4. The summed E-state index contributed by atoms with van der Waals surface area (Å²) >= 11 is 1.47. The Morgan fingerprint density at radius 3 is 2.70 bits per heavy atom. The molecule has 4 nitrogen and oxygen atoms in total. The number of rotatable bonds is 5. The molecule has 0 aliphatic carbocycles. The normalized spacial score (nSPS) is 12.2. The quantitative estimate of drug-likeness (QED) is 0.922. The van der Waals surface area contributed by atoms with Crippen molar-refractivity contribution < 1.29 is 9.18 Å². The smallest absolute Gasteiger partial charge is 0.227 e. The van der Waals surface area contributed by atoms with E-state index in [-0.39, 0.29) is 11.7 Å². The summed E-state index contributed by atoms with van der Waals surface area (Å²) in [6.07, 6.45) is 0.831. The van der Waals surface area contributed by atoms with Gasteiger partial charge in [0.15, 0.2) is 0 Å². The van der Waals surface area contributed by atoms with E-state index in [9.17, 15) is 9.18 Å². The maximum Gasteiger partial charge on any atom is 0.227 e. The molecular weight excluding hydrogens is 277 g/mol. The number of halogens is 1. The molecule has 6 heteroatoms. The van der Waals surface area contributed by atoms with E-state index in [0.717, 1.165) is 16.4 Å². The van der Waals surface area contributed by atoms with Gasteiger partial charge in [-0.05, 0) is 25.0 Å². The molecule has 20 heavy (non-hydrogen) atoms. The van der Waals surface area contributed by atoms with Crippen LogP contribution >= 0.6 is 11.3 Å². The van der Waals surface area contributed by atoms with E-state index in [4.69, 9.17) is 0 Å². The maximum atomic E-state index is 13.6. The standard InChI is InChI=1S/C14H16FN3OS/c1-3-12-17-18-13(20-12)8-16-14(19)9(2)10-6-4-5-7-11(10)15/h4-7,9H,3,8H2,1-2H3,(H,16,19). The van der Waals surface area contributed by atoms with Crippen LogP contribution in [0.15, 0.2) is 24.3 Å². The molecule has 0 spiro atoms. The van der Waals surface area contributed by atoms with Gasteiger partial charge in [0.2, 0.25) is 5.91 Å². The van der Waals surface area contributed by atoms with Crippen molar-refractivity contribution in [2.45, 2.75) is 32.7 Å². The molecule has 0 bridgehead atoms.